The Balaban J connectivity index is 2.14. The van der Waals surface area contributed by atoms with Gasteiger partial charge in [0.05, 0.1) is 18.0 Å². The quantitative estimate of drug-likeness (QED) is 0.824. The molecule has 0 amide bonds. The fourth-order valence-corrected chi connectivity index (χ4v) is 2.15. The maximum Gasteiger partial charge on any atom is 0.361 e. The molecule has 1 aromatic heterocycles. The Labute approximate surface area is 123 Å². The van der Waals surface area contributed by atoms with Gasteiger partial charge in [-0.3, -0.25) is 5.10 Å². The number of aromatic nitrogens is 2. The van der Waals surface area contributed by atoms with E-state index in [0.717, 1.165) is 5.69 Å². The van der Waals surface area contributed by atoms with Gasteiger partial charge in [-0.25, -0.2) is 9.59 Å². The topological polar surface area (TPSA) is 93.3 Å². The minimum Gasteiger partial charge on any atom is -0.461 e. The first-order valence-electron chi connectivity index (χ1n) is 7.05. The standard InChI is InChI=1S/C14H21N3O4/c1-5-20-13(19)11-10-8(16-17-11)6-7-9(15-10)12(18)21-14(2,3)4/h9,15H,5-7H2,1-4H3,(H,16,17). The highest BCUT2D eigenvalue weighted by Crippen LogP contribution is 2.28. The Kier molecular flexibility index (Phi) is 4.20. The zero-order valence-electron chi connectivity index (χ0n) is 12.8. The minimum atomic E-state index is -0.542. The van der Waals surface area contributed by atoms with Crippen molar-refractivity contribution in [2.24, 2.45) is 0 Å². The summed E-state index contributed by atoms with van der Waals surface area (Å²) in [6.07, 6.45) is 1.21. The molecule has 1 aliphatic heterocycles. The number of nitrogens with one attached hydrogen (secondary N) is 2. The third-order valence-corrected chi connectivity index (χ3v) is 3.00. The summed E-state index contributed by atoms with van der Waals surface area (Å²) in [6, 6.07) is -0.484. The fourth-order valence-electron chi connectivity index (χ4n) is 2.15. The van der Waals surface area contributed by atoms with Crippen LogP contribution in [0.2, 0.25) is 0 Å². The van der Waals surface area contributed by atoms with E-state index in [0.29, 0.717) is 18.5 Å². The van der Waals surface area contributed by atoms with Gasteiger partial charge in [0, 0.05) is 0 Å². The average molecular weight is 295 g/mol. The first-order chi connectivity index (χ1) is 9.81. The van der Waals surface area contributed by atoms with Crippen LogP contribution in [0.15, 0.2) is 0 Å². The predicted molar refractivity (Wildman–Crippen MR) is 76.1 cm³/mol. The number of carbonyl (C=O) groups excluding carboxylic acids is 2. The minimum absolute atomic E-state index is 0.181. The zero-order valence-corrected chi connectivity index (χ0v) is 12.8. The number of anilines is 1. The molecule has 0 spiro atoms. The molecule has 0 fully saturated rings. The number of aromatic amines is 1. The monoisotopic (exact) mass is 295 g/mol. The molecule has 2 heterocycles. The predicted octanol–water partition coefficient (Wildman–Crippen LogP) is 1.65. The Morgan fingerprint density at radius 3 is 2.71 bits per heavy atom. The summed E-state index contributed by atoms with van der Waals surface area (Å²) >= 11 is 0. The van der Waals surface area contributed by atoms with Crippen LogP contribution in [0.1, 0.15) is 50.3 Å². The number of nitrogens with zero attached hydrogens (tertiary/aromatic N) is 1. The van der Waals surface area contributed by atoms with E-state index < -0.39 is 17.6 Å². The molecule has 1 aliphatic rings. The van der Waals surface area contributed by atoms with Crippen LogP contribution in [0, 0.1) is 0 Å². The average Bonchev–Trinajstić information content (AvgIpc) is 2.79. The van der Waals surface area contributed by atoms with Gasteiger partial charge in [0.1, 0.15) is 11.6 Å². The maximum absolute atomic E-state index is 12.1. The van der Waals surface area contributed by atoms with E-state index in [1.54, 1.807) is 6.92 Å². The van der Waals surface area contributed by atoms with Crippen LogP contribution in [-0.2, 0) is 20.7 Å². The van der Waals surface area contributed by atoms with Crippen molar-refractivity contribution in [2.45, 2.75) is 52.2 Å². The van der Waals surface area contributed by atoms with Crippen LogP contribution >= 0.6 is 0 Å². The number of fused-ring (bicyclic) bond motifs is 1. The molecule has 0 radical (unpaired) electrons. The number of hydrogen-bond donors (Lipinski definition) is 2. The molecule has 0 saturated carbocycles. The largest absolute Gasteiger partial charge is 0.461 e. The van der Waals surface area contributed by atoms with E-state index in [1.807, 2.05) is 20.8 Å². The lowest BCUT2D eigenvalue weighted by Gasteiger charge is -2.27. The Morgan fingerprint density at radius 2 is 2.10 bits per heavy atom. The molecule has 0 aliphatic carbocycles. The van der Waals surface area contributed by atoms with Crippen molar-refractivity contribution in [2.75, 3.05) is 11.9 Å². The third kappa shape index (κ3) is 3.53. The van der Waals surface area contributed by atoms with E-state index >= 15 is 0 Å². The lowest BCUT2D eigenvalue weighted by molar-refractivity contribution is -0.156. The second-order valence-electron chi connectivity index (χ2n) is 5.92. The van der Waals surface area contributed by atoms with Gasteiger partial charge in [0.15, 0.2) is 5.69 Å². The molecule has 21 heavy (non-hydrogen) atoms. The van der Waals surface area contributed by atoms with Crippen LogP contribution in [0.4, 0.5) is 5.69 Å². The molecule has 1 aromatic rings. The van der Waals surface area contributed by atoms with Crippen molar-refractivity contribution in [1.29, 1.82) is 0 Å². The number of rotatable bonds is 3. The van der Waals surface area contributed by atoms with Gasteiger partial charge >= 0.3 is 11.9 Å². The number of aryl methyl sites for hydroxylation is 1. The second kappa shape index (κ2) is 5.75. The SMILES string of the molecule is CCOC(=O)c1n[nH]c2c1NC(C(=O)OC(C)(C)C)CC2. The number of carbonyl (C=O) groups is 2. The highest BCUT2D eigenvalue weighted by atomic mass is 16.6. The van der Waals surface area contributed by atoms with Gasteiger partial charge < -0.3 is 14.8 Å². The van der Waals surface area contributed by atoms with Gasteiger partial charge in [-0.15, -0.1) is 0 Å². The number of esters is 2. The Morgan fingerprint density at radius 1 is 1.38 bits per heavy atom. The molecular weight excluding hydrogens is 274 g/mol. The number of ether oxygens (including phenoxy) is 2. The molecule has 0 aromatic carbocycles. The van der Waals surface area contributed by atoms with Crippen molar-refractivity contribution in [3.8, 4) is 0 Å². The van der Waals surface area contributed by atoms with Crippen molar-refractivity contribution in [1.82, 2.24) is 10.2 Å². The number of hydrogen-bond acceptors (Lipinski definition) is 6. The van der Waals surface area contributed by atoms with E-state index in [9.17, 15) is 9.59 Å². The van der Waals surface area contributed by atoms with E-state index in [2.05, 4.69) is 15.5 Å². The van der Waals surface area contributed by atoms with Crippen LogP contribution in [0.5, 0.6) is 0 Å². The van der Waals surface area contributed by atoms with Crippen LogP contribution in [0.25, 0.3) is 0 Å². The summed E-state index contributed by atoms with van der Waals surface area (Å²) in [5.74, 6) is -0.837. The summed E-state index contributed by atoms with van der Waals surface area (Å²) in [6.45, 7) is 7.47. The molecule has 7 nitrogen and oxygen atoms in total. The molecule has 116 valence electrons. The highest BCUT2D eigenvalue weighted by molar-refractivity contribution is 5.95. The van der Waals surface area contributed by atoms with Crippen LogP contribution in [-0.4, -0.2) is 40.4 Å². The lowest BCUT2D eigenvalue weighted by atomic mass is 10.0. The van der Waals surface area contributed by atoms with Gasteiger partial charge in [0.25, 0.3) is 0 Å². The lowest BCUT2D eigenvalue weighted by Crippen LogP contribution is -2.39. The van der Waals surface area contributed by atoms with Crippen LogP contribution < -0.4 is 5.32 Å². The molecule has 0 bridgehead atoms. The fraction of sp³-hybridized carbons (Fsp3) is 0.643. The van der Waals surface area contributed by atoms with Gasteiger partial charge in [0.2, 0.25) is 0 Å². The first-order valence-corrected chi connectivity index (χ1v) is 7.05. The van der Waals surface area contributed by atoms with Gasteiger partial charge in [-0.2, -0.15) is 5.10 Å². The van der Waals surface area contributed by atoms with Crippen molar-refractivity contribution < 1.29 is 19.1 Å². The summed E-state index contributed by atoms with van der Waals surface area (Å²) in [5.41, 5.74) is 0.980. The third-order valence-electron chi connectivity index (χ3n) is 3.00. The summed E-state index contributed by atoms with van der Waals surface area (Å²) < 4.78 is 10.3. The van der Waals surface area contributed by atoms with E-state index in [4.69, 9.17) is 9.47 Å². The van der Waals surface area contributed by atoms with Crippen molar-refractivity contribution >= 4 is 17.6 Å². The number of H-pyrrole nitrogens is 1. The first kappa shape index (κ1) is 15.3. The maximum atomic E-state index is 12.1. The molecule has 2 N–H and O–H groups in total. The highest BCUT2D eigenvalue weighted by Gasteiger charge is 2.32. The molecule has 7 heteroatoms. The molecule has 1 unspecified atom stereocenters. The molecular formula is C14H21N3O4. The zero-order chi connectivity index (χ0) is 15.6. The van der Waals surface area contributed by atoms with Gasteiger partial charge in [-0.1, -0.05) is 0 Å². The molecule has 1 atom stereocenters. The van der Waals surface area contributed by atoms with Crippen molar-refractivity contribution in [3.63, 3.8) is 0 Å². The Bertz CT molecular complexity index is 545. The summed E-state index contributed by atoms with van der Waals surface area (Å²) in [7, 11) is 0. The second-order valence-corrected chi connectivity index (χ2v) is 5.92. The van der Waals surface area contributed by atoms with Gasteiger partial charge in [-0.05, 0) is 40.5 Å². The van der Waals surface area contributed by atoms with E-state index in [-0.39, 0.29) is 18.3 Å². The Hall–Kier alpha value is -2.05. The normalized spacial score (nSPS) is 17.6. The molecule has 2 rings (SSSR count). The van der Waals surface area contributed by atoms with E-state index in [1.165, 1.54) is 0 Å². The smallest absolute Gasteiger partial charge is 0.361 e. The van der Waals surface area contributed by atoms with Crippen molar-refractivity contribution in [3.05, 3.63) is 11.4 Å². The van der Waals surface area contributed by atoms with Crippen LogP contribution in [0.3, 0.4) is 0 Å². The molecule has 0 saturated heterocycles. The summed E-state index contributed by atoms with van der Waals surface area (Å²) in [5, 5.41) is 9.82. The summed E-state index contributed by atoms with van der Waals surface area (Å²) in [4.78, 5) is 23.9.